The summed E-state index contributed by atoms with van der Waals surface area (Å²) in [6, 6.07) is 65.3. The summed E-state index contributed by atoms with van der Waals surface area (Å²) < 4.78 is 6.48. The molecule has 0 aliphatic heterocycles. The zero-order chi connectivity index (χ0) is 38.6. The van der Waals surface area contributed by atoms with Crippen molar-refractivity contribution >= 4 is 39.0 Å². The van der Waals surface area contributed by atoms with Gasteiger partial charge in [-0.15, -0.1) is 0 Å². The minimum Gasteiger partial charge on any atom is -0.456 e. The normalized spacial score (nSPS) is 15.4. The molecular formula is C56H43NO. The van der Waals surface area contributed by atoms with Gasteiger partial charge >= 0.3 is 0 Å². The summed E-state index contributed by atoms with van der Waals surface area (Å²) in [7, 11) is 0. The number of hydrogen-bond acceptors (Lipinski definition) is 2. The molecule has 0 amide bonds. The highest BCUT2D eigenvalue weighted by molar-refractivity contribution is 6.13. The van der Waals surface area contributed by atoms with Crippen LogP contribution in [0.15, 0.2) is 180 Å². The number of furan rings is 1. The summed E-state index contributed by atoms with van der Waals surface area (Å²) in [6.07, 6.45) is 4.93. The van der Waals surface area contributed by atoms with Gasteiger partial charge in [0.1, 0.15) is 11.2 Å². The molecule has 1 saturated carbocycles. The fraction of sp³-hybridized carbons (Fsp3) is 0.143. The van der Waals surface area contributed by atoms with Crippen molar-refractivity contribution in [2.75, 3.05) is 4.90 Å². The van der Waals surface area contributed by atoms with Crippen molar-refractivity contribution in [3.63, 3.8) is 0 Å². The third kappa shape index (κ3) is 4.66. The fourth-order valence-electron chi connectivity index (χ4n) is 11.3. The molecule has 0 bridgehead atoms. The maximum atomic E-state index is 6.48. The third-order valence-electron chi connectivity index (χ3n) is 13.8. The molecule has 8 aromatic carbocycles. The van der Waals surface area contributed by atoms with Gasteiger partial charge in [0, 0.05) is 27.6 Å². The molecule has 0 radical (unpaired) electrons. The molecule has 0 atom stereocenters. The van der Waals surface area contributed by atoms with E-state index >= 15 is 0 Å². The van der Waals surface area contributed by atoms with Crippen molar-refractivity contribution < 1.29 is 4.42 Å². The fourth-order valence-corrected chi connectivity index (χ4v) is 11.3. The van der Waals surface area contributed by atoms with E-state index in [-0.39, 0.29) is 10.8 Å². The average molecular weight is 746 g/mol. The summed E-state index contributed by atoms with van der Waals surface area (Å²) >= 11 is 0. The lowest BCUT2D eigenvalue weighted by Crippen LogP contribution is -2.21. The summed E-state index contributed by atoms with van der Waals surface area (Å²) in [4.78, 5) is 2.47. The van der Waals surface area contributed by atoms with E-state index in [2.05, 4.69) is 195 Å². The summed E-state index contributed by atoms with van der Waals surface area (Å²) in [5.41, 5.74) is 21.5. The lowest BCUT2D eigenvalue weighted by molar-refractivity contribution is 0.550. The standard InChI is InChI=1S/C56H43NO/c1-55(2)47-22-8-5-18-42(47)45-21-13-20-44(54(45)55)40-16-4-3-15-39(40)36-27-29-37(30-28-36)57(50-24-14-26-52-53(50)46-19-7-10-25-51(46)58-52)38-31-32-43-41-17-6-9-23-48(41)56(49(43)35-38)33-11-12-34-56/h3-10,13-32,35H,11-12,33-34H2,1-2H3. The van der Waals surface area contributed by atoms with E-state index in [1.54, 1.807) is 0 Å². The summed E-state index contributed by atoms with van der Waals surface area (Å²) in [6.45, 7) is 4.76. The number of anilines is 3. The van der Waals surface area contributed by atoms with Gasteiger partial charge in [0.15, 0.2) is 0 Å². The zero-order valence-electron chi connectivity index (χ0n) is 32.9. The highest BCUT2D eigenvalue weighted by Crippen LogP contribution is 2.58. The van der Waals surface area contributed by atoms with Crippen molar-refractivity contribution in [3.05, 3.63) is 198 Å². The highest BCUT2D eigenvalue weighted by Gasteiger charge is 2.45. The van der Waals surface area contributed by atoms with Crippen LogP contribution in [0.4, 0.5) is 17.1 Å². The molecule has 2 nitrogen and oxygen atoms in total. The van der Waals surface area contributed by atoms with Gasteiger partial charge in [-0.05, 0) is 122 Å². The first-order valence-corrected chi connectivity index (χ1v) is 20.9. The lowest BCUT2D eigenvalue weighted by Gasteiger charge is -2.30. The molecule has 9 aromatic rings. The quantitative estimate of drug-likeness (QED) is 0.174. The largest absolute Gasteiger partial charge is 0.456 e. The molecule has 1 aromatic heterocycles. The molecule has 0 N–H and O–H groups in total. The molecule has 1 heterocycles. The monoisotopic (exact) mass is 745 g/mol. The molecule has 1 fully saturated rings. The SMILES string of the molecule is CC1(C)c2ccccc2-c2cccc(-c3ccccc3-c3ccc(N(c4ccc5c(c4)C4(CCCC4)c4ccccc4-5)c4cccc5oc6ccccc6c45)cc3)c21. The van der Waals surface area contributed by atoms with E-state index in [0.29, 0.717) is 0 Å². The number of fused-ring (bicyclic) bond motifs is 11. The molecule has 1 spiro atoms. The van der Waals surface area contributed by atoms with Crippen molar-refractivity contribution in [1.29, 1.82) is 0 Å². The number of rotatable bonds is 5. The van der Waals surface area contributed by atoms with Gasteiger partial charge in [-0.1, -0.05) is 160 Å². The third-order valence-corrected chi connectivity index (χ3v) is 13.8. The molecule has 278 valence electrons. The number of benzene rings is 8. The van der Waals surface area contributed by atoms with E-state index in [1.165, 1.54) is 98.1 Å². The summed E-state index contributed by atoms with van der Waals surface area (Å²) in [5.74, 6) is 0. The van der Waals surface area contributed by atoms with Gasteiger partial charge < -0.3 is 9.32 Å². The van der Waals surface area contributed by atoms with Gasteiger partial charge in [-0.25, -0.2) is 0 Å². The maximum absolute atomic E-state index is 6.48. The Morgan fingerprint density at radius 1 is 0.448 bits per heavy atom. The van der Waals surface area contributed by atoms with Crippen LogP contribution in [-0.2, 0) is 10.8 Å². The van der Waals surface area contributed by atoms with Crippen molar-refractivity contribution in [3.8, 4) is 44.5 Å². The van der Waals surface area contributed by atoms with Gasteiger partial charge in [0.2, 0.25) is 0 Å². The molecular weight excluding hydrogens is 703 g/mol. The van der Waals surface area contributed by atoms with Crippen LogP contribution in [0.3, 0.4) is 0 Å². The van der Waals surface area contributed by atoms with Crippen molar-refractivity contribution in [2.24, 2.45) is 0 Å². The predicted molar refractivity (Wildman–Crippen MR) is 242 cm³/mol. The Hall–Kier alpha value is -6.64. The van der Waals surface area contributed by atoms with Crippen LogP contribution in [0, 0.1) is 0 Å². The van der Waals surface area contributed by atoms with Crippen LogP contribution in [0.5, 0.6) is 0 Å². The molecule has 3 aliphatic carbocycles. The Labute approximate surface area is 340 Å². The van der Waals surface area contributed by atoms with Crippen LogP contribution in [-0.4, -0.2) is 0 Å². The Morgan fingerprint density at radius 2 is 1.02 bits per heavy atom. The molecule has 58 heavy (non-hydrogen) atoms. The van der Waals surface area contributed by atoms with Gasteiger partial charge in [-0.3, -0.25) is 0 Å². The van der Waals surface area contributed by atoms with E-state index in [9.17, 15) is 0 Å². The van der Waals surface area contributed by atoms with Gasteiger partial charge in [0.25, 0.3) is 0 Å². The first-order valence-electron chi connectivity index (χ1n) is 20.9. The molecule has 12 rings (SSSR count). The van der Waals surface area contributed by atoms with E-state index in [0.717, 1.165) is 33.3 Å². The van der Waals surface area contributed by atoms with Gasteiger partial charge in [-0.2, -0.15) is 0 Å². The molecule has 3 aliphatic rings. The van der Waals surface area contributed by atoms with Crippen LogP contribution >= 0.6 is 0 Å². The molecule has 0 unspecified atom stereocenters. The second kappa shape index (κ2) is 12.4. The minimum atomic E-state index is -0.105. The average Bonchev–Trinajstić information content (AvgIpc) is 4.04. The first-order chi connectivity index (χ1) is 28.5. The van der Waals surface area contributed by atoms with E-state index in [1.807, 2.05) is 0 Å². The van der Waals surface area contributed by atoms with Crippen LogP contribution < -0.4 is 4.90 Å². The first kappa shape index (κ1) is 33.5. The second-order valence-corrected chi connectivity index (χ2v) is 17.1. The van der Waals surface area contributed by atoms with Gasteiger partial charge in [0.05, 0.1) is 11.1 Å². The topological polar surface area (TPSA) is 16.4 Å². The molecule has 2 heteroatoms. The van der Waals surface area contributed by atoms with Crippen LogP contribution in [0.2, 0.25) is 0 Å². The van der Waals surface area contributed by atoms with Crippen molar-refractivity contribution in [2.45, 2.75) is 50.4 Å². The number of nitrogens with zero attached hydrogens (tertiary/aromatic N) is 1. The predicted octanol–water partition coefficient (Wildman–Crippen LogP) is 15.5. The Morgan fingerprint density at radius 3 is 1.81 bits per heavy atom. The minimum absolute atomic E-state index is 0.0725. The Balaban J connectivity index is 1.02. The smallest absolute Gasteiger partial charge is 0.137 e. The number of hydrogen-bond donors (Lipinski definition) is 0. The summed E-state index contributed by atoms with van der Waals surface area (Å²) in [5, 5.41) is 2.26. The van der Waals surface area contributed by atoms with Crippen molar-refractivity contribution in [1.82, 2.24) is 0 Å². The lowest BCUT2D eigenvalue weighted by atomic mass is 9.76. The van der Waals surface area contributed by atoms with E-state index < -0.39 is 0 Å². The van der Waals surface area contributed by atoms with Crippen LogP contribution in [0.1, 0.15) is 61.8 Å². The van der Waals surface area contributed by atoms with E-state index in [4.69, 9.17) is 4.42 Å². The second-order valence-electron chi connectivity index (χ2n) is 17.1. The Kier molecular flexibility index (Phi) is 7.18. The van der Waals surface area contributed by atoms with Crippen LogP contribution in [0.25, 0.3) is 66.4 Å². The molecule has 0 saturated heterocycles. The highest BCUT2D eigenvalue weighted by atomic mass is 16.3. The Bertz CT molecular complexity index is 3100. The zero-order valence-corrected chi connectivity index (χ0v) is 32.9. The number of para-hydroxylation sites is 1. The maximum Gasteiger partial charge on any atom is 0.137 e.